The molecule has 6 nitrogen and oxygen atoms in total. The highest BCUT2D eigenvalue weighted by atomic mass is 35.6. The van der Waals surface area contributed by atoms with E-state index in [0.717, 1.165) is 0 Å². The van der Waals surface area contributed by atoms with Crippen LogP contribution in [0.25, 0.3) is 0 Å². The summed E-state index contributed by atoms with van der Waals surface area (Å²) < 4.78 is 18.6. The van der Waals surface area contributed by atoms with E-state index in [9.17, 15) is 4.79 Å². The third-order valence-corrected chi connectivity index (χ3v) is 2.90. The highest BCUT2D eigenvalue weighted by molar-refractivity contribution is 6.76. The lowest BCUT2D eigenvalue weighted by atomic mass is 10.1. The van der Waals surface area contributed by atoms with Crippen molar-refractivity contribution in [3.05, 3.63) is 0 Å². The summed E-state index contributed by atoms with van der Waals surface area (Å²) in [5.74, 6) is -1.10. The molecular formula is C10H14Cl3NO5. The Morgan fingerprint density at radius 3 is 2.47 bits per heavy atom. The number of hydrogen-bond donors (Lipinski definition) is 1. The summed E-state index contributed by atoms with van der Waals surface area (Å²) in [7, 11) is 1.52. The minimum Gasteiger partial charge on any atom is -0.456 e. The summed E-state index contributed by atoms with van der Waals surface area (Å²) >= 11 is 16.5. The highest BCUT2D eigenvalue weighted by Gasteiger charge is 2.39. The molecule has 0 radical (unpaired) electrons. The van der Waals surface area contributed by atoms with Gasteiger partial charge in [0.2, 0.25) is 12.2 Å². The first kappa shape index (κ1) is 16.8. The molecule has 1 N–H and O–H groups in total. The number of methoxy groups -OCH3 is 1. The zero-order valence-electron chi connectivity index (χ0n) is 10.3. The van der Waals surface area contributed by atoms with Crippen molar-refractivity contribution in [2.75, 3.05) is 13.7 Å². The number of carbonyl (C=O) groups is 1. The second-order valence-electron chi connectivity index (χ2n) is 3.89. The first-order chi connectivity index (χ1) is 8.74. The first-order valence-electron chi connectivity index (χ1n) is 5.38. The van der Waals surface area contributed by atoms with Crippen LogP contribution in [-0.2, 0) is 23.7 Å². The second kappa shape index (κ2) is 6.95. The van der Waals surface area contributed by atoms with Crippen molar-refractivity contribution in [3.8, 4) is 0 Å². The van der Waals surface area contributed by atoms with E-state index >= 15 is 0 Å². The maximum absolute atomic E-state index is 11.0. The summed E-state index contributed by atoms with van der Waals surface area (Å²) in [6.45, 7) is 1.49. The molecule has 1 fully saturated rings. The Labute approximate surface area is 125 Å². The van der Waals surface area contributed by atoms with Crippen LogP contribution >= 0.6 is 34.8 Å². The van der Waals surface area contributed by atoms with Crippen LogP contribution in [-0.4, -0.2) is 47.9 Å². The molecule has 1 aliphatic rings. The molecule has 3 atom stereocenters. The largest absolute Gasteiger partial charge is 0.456 e. The Balaban J connectivity index is 2.68. The fourth-order valence-corrected chi connectivity index (χ4v) is 1.66. The molecule has 9 heteroatoms. The molecule has 0 spiro atoms. The maximum atomic E-state index is 11.0. The Bertz CT molecular complexity index is 347. The lowest BCUT2D eigenvalue weighted by Gasteiger charge is -2.35. The molecule has 19 heavy (non-hydrogen) atoms. The minimum absolute atomic E-state index is 0.228. The van der Waals surface area contributed by atoms with Gasteiger partial charge in [-0.3, -0.25) is 10.2 Å². The van der Waals surface area contributed by atoms with Gasteiger partial charge in [0.15, 0.2) is 6.10 Å². The minimum atomic E-state index is -2.00. The van der Waals surface area contributed by atoms with E-state index in [4.69, 9.17) is 59.2 Å². The van der Waals surface area contributed by atoms with E-state index in [1.165, 1.54) is 14.0 Å². The standard InChI is InChI=1S/C10H14Cl3NO5/c1-5(15)18-7-3-6(16-2)4-17-8(7)19-9(14)10(11,12)13/h6-8,14H,3-4H2,1-2H3. The molecular weight excluding hydrogens is 320 g/mol. The number of hydrogen-bond acceptors (Lipinski definition) is 6. The molecule has 0 aromatic carbocycles. The van der Waals surface area contributed by atoms with Crippen LogP contribution < -0.4 is 0 Å². The van der Waals surface area contributed by atoms with Crippen molar-refractivity contribution in [1.29, 1.82) is 5.41 Å². The van der Waals surface area contributed by atoms with Crippen molar-refractivity contribution < 1.29 is 23.7 Å². The SMILES string of the molecule is COC1COC(OC(=N)C(Cl)(Cl)Cl)C(OC(C)=O)C1. The fraction of sp³-hybridized carbons (Fsp3) is 0.800. The van der Waals surface area contributed by atoms with E-state index in [1.54, 1.807) is 0 Å². The molecule has 1 heterocycles. The van der Waals surface area contributed by atoms with Crippen LogP contribution in [0.15, 0.2) is 0 Å². The smallest absolute Gasteiger partial charge is 0.303 e. The number of halogens is 3. The van der Waals surface area contributed by atoms with E-state index in [1.807, 2.05) is 0 Å². The monoisotopic (exact) mass is 333 g/mol. The molecule has 0 aromatic rings. The van der Waals surface area contributed by atoms with Crippen LogP contribution in [0.3, 0.4) is 0 Å². The van der Waals surface area contributed by atoms with Gasteiger partial charge in [0.25, 0.3) is 3.79 Å². The van der Waals surface area contributed by atoms with E-state index in [0.29, 0.717) is 6.42 Å². The van der Waals surface area contributed by atoms with Gasteiger partial charge in [0.05, 0.1) is 12.7 Å². The number of nitrogens with one attached hydrogen (secondary N) is 1. The van der Waals surface area contributed by atoms with Gasteiger partial charge < -0.3 is 18.9 Å². The predicted molar refractivity (Wildman–Crippen MR) is 69.8 cm³/mol. The van der Waals surface area contributed by atoms with Gasteiger partial charge >= 0.3 is 5.97 Å². The molecule has 0 aliphatic carbocycles. The molecule has 0 amide bonds. The second-order valence-corrected chi connectivity index (χ2v) is 6.17. The van der Waals surface area contributed by atoms with Crippen molar-refractivity contribution in [2.24, 2.45) is 0 Å². The predicted octanol–water partition coefficient (Wildman–Crippen LogP) is 2.04. The van der Waals surface area contributed by atoms with Gasteiger partial charge in [-0.1, -0.05) is 34.8 Å². The average molecular weight is 335 g/mol. The molecule has 110 valence electrons. The van der Waals surface area contributed by atoms with Crippen molar-refractivity contribution in [3.63, 3.8) is 0 Å². The van der Waals surface area contributed by atoms with Crippen molar-refractivity contribution in [2.45, 2.75) is 35.6 Å². The lowest BCUT2D eigenvalue weighted by Crippen LogP contribution is -2.47. The first-order valence-corrected chi connectivity index (χ1v) is 6.51. The van der Waals surface area contributed by atoms with E-state index < -0.39 is 28.1 Å². The summed E-state index contributed by atoms with van der Waals surface area (Å²) in [6.07, 6.45) is -1.60. The third kappa shape index (κ3) is 5.31. The van der Waals surface area contributed by atoms with Crippen LogP contribution in [0.4, 0.5) is 0 Å². The van der Waals surface area contributed by atoms with Crippen LogP contribution in [0, 0.1) is 5.41 Å². The van der Waals surface area contributed by atoms with Crippen LogP contribution in [0.2, 0.25) is 0 Å². The maximum Gasteiger partial charge on any atom is 0.303 e. The summed E-state index contributed by atoms with van der Waals surface area (Å²) in [4.78, 5) is 11.0. The number of esters is 1. The summed E-state index contributed by atoms with van der Waals surface area (Å²) in [5, 5.41) is 7.47. The zero-order chi connectivity index (χ0) is 14.6. The molecule has 3 unspecified atom stereocenters. The quantitative estimate of drug-likeness (QED) is 0.370. The number of rotatable bonds is 3. The topological polar surface area (TPSA) is 77.8 Å². The molecule has 1 aliphatic heterocycles. The number of carbonyl (C=O) groups excluding carboxylic acids is 1. The van der Waals surface area contributed by atoms with Gasteiger partial charge in [-0.15, -0.1) is 0 Å². The lowest BCUT2D eigenvalue weighted by molar-refractivity contribution is -0.222. The Morgan fingerprint density at radius 1 is 1.37 bits per heavy atom. The van der Waals surface area contributed by atoms with Gasteiger partial charge in [-0.05, 0) is 0 Å². The van der Waals surface area contributed by atoms with E-state index in [-0.39, 0.29) is 12.7 Å². The molecule has 0 saturated carbocycles. The Hall–Kier alpha value is -0.270. The average Bonchev–Trinajstić information content (AvgIpc) is 2.29. The Kier molecular flexibility index (Phi) is 6.14. The fourth-order valence-electron chi connectivity index (χ4n) is 1.52. The van der Waals surface area contributed by atoms with Crippen molar-refractivity contribution in [1.82, 2.24) is 0 Å². The summed E-state index contributed by atoms with van der Waals surface area (Å²) in [5.41, 5.74) is 0. The normalized spacial score (nSPS) is 27.7. The van der Waals surface area contributed by atoms with Gasteiger partial charge in [0.1, 0.15) is 0 Å². The Morgan fingerprint density at radius 2 is 2.00 bits per heavy atom. The molecule has 0 bridgehead atoms. The molecule has 1 saturated heterocycles. The molecule has 0 aromatic heterocycles. The van der Waals surface area contributed by atoms with Gasteiger partial charge in [-0.25, -0.2) is 0 Å². The summed E-state index contributed by atoms with van der Waals surface area (Å²) in [6, 6.07) is 0. The van der Waals surface area contributed by atoms with Crippen LogP contribution in [0.1, 0.15) is 13.3 Å². The third-order valence-electron chi connectivity index (χ3n) is 2.39. The highest BCUT2D eigenvalue weighted by Crippen LogP contribution is 2.30. The van der Waals surface area contributed by atoms with Gasteiger partial charge in [0, 0.05) is 20.5 Å². The van der Waals surface area contributed by atoms with Gasteiger partial charge in [-0.2, -0.15) is 0 Å². The number of ether oxygens (including phenoxy) is 4. The van der Waals surface area contributed by atoms with Crippen LogP contribution in [0.5, 0.6) is 0 Å². The van der Waals surface area contributed by atoms with E-state index in [2.05, 4.69) is 0 Å². The number of alkyl halides is 3. The molecule has 1 rings (SSSR count). The van der Waals surface area contributed by atoms with Crippen molar-refractivity contribution >= 4 is 46.7 Å². The zero-order valence-corrected chi connectivity index (χ0v) is 12.6.